The van der Waals surface area contributed by atoms with Gasteiger partial charge < -0.3 is 10.2 Å². The predicted molar refractivity (Wildman–Crippen MR) is 65.1 cm³/mol. The van der Waals surface area contributed by atoms with E-state index in [0.29, 0.717) is 0 Å². The molecule has 0 radical (unpaired) electrons. The van der Waals surface area contributed by atoms with Crippen LogP contribution in [0.4, 0.5) is 0 Å². The molecule has 90 valence electrons. The molecule has 2 aliphatic rings. The van der Waals surface area contributed by atoms with E-state index in [-0.39, 0.29) is 5.91 Å². The van der Waals surface area contributed by atoms with Gasteiger partial charge in [-0.3, -0.25) is 4.79 Å². The van der Waals surface area contributed by atoms with E-state index < -0.39 is 0 Å². The topological polar surface area (TPSA) is 32.3 Å². The number of rotatable bonds is 2. The number of hydrogen-bond donors (Lipinski definition) is 1. The first-order valence-corrected chi connectivity index (χ1v) is 6.46. The summed E-state index contributed by atoms with van der Waals surface area (Å²) in [6, 6.07) is 0.721. The summed E-state index contributed by atoms with van der Waals surface area (Å²) >= 11 is 0. The molecule has 2 fully saturated rings. The summed E-state index contributed by atoms with van der Waals surface area (Å²) in [4.78, 5) is 13.6. The largest absolute Gasteiger partial charge is 0.339 e. The molecule has 2 rings (SSSR count). The molecule has 2 heterocycles. The number of hydrogen-bond acceptors (Lipinski definition) is 2. The molecule has 1 amide bonds. The minimum atomic E-state index is 0.181. The van der Waals surface area contributed by atoms with Gasteiger partial charge in [-0.15, -0.1) is 0 Å². The molecule has 0 bridgehead atoms. The van der Waals surface area contributed by atoms with Gasteiger partial charge in [0.25, 0.3) is 0 Å². The average Bonchev–Trinajstić information content (AvgIpc) is 2.83. The molecule has 0 spiro atoms. The third-order valence-electron chi connectivity index (χ3n) is 3.83. The van der Waals surface area contributed by atoms with Gasteiger partial charge in [-0.2, -0.15) is 0 Å². The van der Waals surface area contributed by atoms with Gasteiger partial charge in [-0.25, -0.2) is 0 Å². The van der Waals surface area contributed by atoms with Crippen LogP contribution in [0.15, 0.2) is 12.2 Å². The number of amides is 1. The second kappa shape index (κ2) is 5.48. The van der Waals surface area contributed by atoms with Gasteiger partial charge in [-0.05, 0) is 51.1 Å². The van der Waals surface area contributed by atoms with Gasteiger partial charge in [0, 0.05) is 19.1 Å². The molecule has 1 unspecified atom stereocenters. The highest BCUT2D eigenvalue weighted by atomic mass is 16.2. The lowest BCUT2D eigenvalue weighted by Gasteiger charge is -2.34. The maximum absolute atomic E-state index is 11.6. The maximum atomic E-state index is 11.6. The van der Waals surface area contributed by atoms with Crippen LogP contribution in [0.2, 0.25) is 0 Å². The van der Waals surface area contributed by atoms with Crippen molar-refractivity contribution in [2.45, 2.75) is 38.6 Å². The lowest BCUT2D eigenvalue weighted by Crippen LogP contribution is -2.42. The Bertz CT molecular complexity index is 261. The zero-order chi connectivity index (χ0) is 11.4. The lowest BCUT2D eigenvalue weighted by molar-refractivity contribution is -0.127. The molecule has 2 saturated heterocycles. The number of allylic oxidation sites excluding steroid dienone is 1. The first-order valence-electron chi connectivity index (χ1n) is 6.46. The van der Waals surface area contributed by atoms with Crippen molar-refractivity contribution in [3.63, 3.8) is 0 Å². The minimum absolute atomic E-state index is 0.181. The first kappa shape index (κ1) is 11.6. The van der Waals surface area contributed by atoms with Crippen LogP contribution in [0.3, 0.4) is 0 Å². The van der Waals surface area contributed by atoms with Gasteiger partial charge in [0.15, 0.2) is 0 Å². The average molecular weight is 222 g/mol. The summed E-state index contributed by atoms with van der Waals surface area (Å²) in [5.41, 5.74) is 0. The first-order chi connectivity index (χ1) is 7.81. The fourth-order valence-corrected chi connectivity index (χ4v) is 2.88. The van der Waals surface area contributed by atoms with E-state index in [1.807, 2.05) is 17.9 Å². The number of carbonyl (C=O) groups excluding carboxylic acids is 1. The Labute approximate surface area is 97.9 Å². The Morgan fingerprint density at radius 2 is 2.06 bits per heavy atom. The molecule has 0 saturated carbocycles. The Morgan fingerprint density at radius 1 is 1.31 bits per heavy atom. The Morgan fingerprint density at radius 3 is 2.62 bits per heavy atom. The van der Waals surface area contributed by atoms with Crippen LogP contribution >= 0.6 is 0 Å². The van der Waals surface area contributed by atoms with E-state index in [0.717, 1.165) is 25.0 Å². The van der Waals surface area contributed by atoms with Crippen molar-refractivity contribution in [3.8, 4) is 0 Å². The molecular formula is C13H22N2O. The van der Waals surface area contributed by atoms with E-state index in [1.165, 1.54) is 32.2 Å². The summed E-state index contributed by atoms with van der Waals surface area (Å²) in [6.07, 6.45) is 8.48. The summed E-state index contributed by atoms with van der Waals surface area (Å²) in [5.74, 6) is 0.970. The minimum Gasteiger partial charge on any atom is -0.339 e. The fraction of sp³-hybridized carbons (Fsp3) is 0.769. The summed E-state index contributed by atoms with van der Waals surface area (Å²) in [6.45, 7) is 4.95. The molecule has 3 nitrogen and oxygen atoms in total. The molecule has 0 aromatic carbocycles. The van der Waals surface area contributed by atoms with Crippen molar-refractivity contribution in [1.82, 2.24) is 10.2 Å². The molecule has 3 heteroatoms. The molecule has 1 N–H and O–H groups in total. The van der Waals surface area contributed by atoms with E-state index in [1.54, 1.807) is 6.08 Å². The molecule has 0 aliphatic carbocycles. The zero-order valence-corrected chi connectivity index (χ0v) is 10.1. The van der Waals surface area contributed by atoms with Crippen molar-refractivity contribution < 1.29 is 4.79 Å². The Balaban J connectivity index is 1.79. The molecule has 1 atom stereocenters. The van der Waals surface area contributed by atoms with Crippen LogP contribution in [0, 0.1) is 5.92 Å². The van der Waals surface area contributed by atoms with Crippen molar-refractivity contribution >= 4 is 5.91 Å². The van der Waals surface area contributed by atoms with Gasteiger partial charge in [0.05, 0.1) is 0 Å². The predicted octanol–water partition coefficient (Wildman–Crippen LogP) is 1.55. The van der Waals surface area contributed by atoms with Crippen LogP contribution in [0.25, 0.3) is 0 Å². The maximum Gasteiger partial charge on any atom is 0.246 e. The molecule has 2 aliphatic heterocycles. The van der Waals surface area contributed by atoms with Gasteiger partial charge in [0.1, 0.15) is 0 Å². The van der Waals surface area contributed by atoms with E-state index in [4.69, 9.17) is 0 Å². The third kappa shape index (κ3) is 2.64. The quantitative estimate of drug-likeness (QED) is 0.719. The fourth-order valence-electron chi connectivity index (χ4n) is 2.88. The normalized spacial score (nSPS) is 27.8. The standard InChI is InChI=1S/C13H22N2O/c1-2-4-13(16)15-9-6-11(7-10-15)12-5-3-8-14-12/h2,4,11-12,14H,3,5-10H2,1H3. The monoisotopic (exact) mass is 222 g/mol. The molecule has 0 aromatic rings. The van der Waals surface area contributed by atoms with Crippen molar-refractivity contribution in [1.29, 1.82) is 0 Å². The van der Waals surface area contributed by atoms with Crippen molar-refractivity contribution in [2.75, 3.05) is 19.6 Å². The zero-order valence-electron chi connectivity index (χ0n) is 10.1. The molecule has 0 aromatic heterocycles. The summed E-state index contributed by atoms with van der Waals surface area (Å²) in [7, 11) is 0. The number of nitrogens with zero attached hydrogens (tertiary/aromatic N) is 1. The summed E-state index contributed by atoms with van der Waals surface area (Å²) in [5, 5.41) is 3.58. The van der Waals surface area contributed by atoms with Crippen LogP contribution in [0.1, 0.15) is 32.6 Å². The third-order valence-corrected chi connectivity index (χ3v) is 3.83. The highest BCUT2D eigenvalue weighted by molar-refractivity contribution is 5.87. The molecule has 16 heavy (non-hydrogen) atoms. The molecular weight excluding hydrogens is 200 g/mol. The van der Waals surface area contributed by atoms with Crippen LogP contribution in [-0.4, -0.2) is 36.5 Å². The number of nitrogens with one attached hydrogen (secondary N) is 1. The Hall–Kier alpha value is -0.830. The van der Waals surface area contributed by atoms with E-state index in [9.17, 15) is 4.79 Å². The van der Waals surface area contributed by atoms with Crippen LogP contribution in [0.5, 0.6) is 0 Å². The highest BCUT2D eigenvalue weighted by Crippen LogP contribution is 2.25. The van der Waals surface area contributed by atoms with Crippen LogP contribution in [-0.2, 0) is 4.79 Å². The SMILES string of the molecule is CC=CC(=O)N1CCC(C2CCCN2)CC1. The van der Waals surface area contributed by atoms with Gasteiger partial charge in [-0.1, -0.05) is 6.08 Å². The van der Waals surface area contributed by atoms with Gasteiger partial charge in [0.2, 0.25) is 5.91 Å². The summed E-state index contributed by atoms with van der Waals surface area (Å²) < 4.78 is 0. The van der Waals surface area contributed by atoms with Gasteiger partial charge >= 0.3 is 0 Å². The Kier molecular flexibility index (Phi) is 3.99. The highest BCUT2D eigenvalue weighted by Gasteiger charge is 2.29. The number of carbonyl (C=O) groups is 1. The second-order valence-electron chi connectivity index (χ2n) is 4.87. The van der Waals surface area contributed by atoms with Crippen molar-refractivity contribution in [2.24, 2.45) is 5.92 Å². The smallest absolute Gasteiger partial charge is 0.246 e. The van der Waals surface area contributed by atoms with E-state index in [2.05, 4.69) is 5.32 Å². The number of piperidine rings is 1. The van der Waals surface area contributed by atoms with Crippen LogP contribution < -0.4 is 5.32 Å². The second-order valence-corrected chi connectivity index (χ2v) is 4.87. The van der Waals surface area contributed by atoms with E-state index >= 15 is 0 Å². The lowest BCUT2D eigenvalue weighted by atomic mass is 9.88. The van der Waals surface area contributed by atoms with Crippen molar-refractivity contribution in [3.05, 3.63) is 12.2 Å². The number of likely N-dealkylation sites (tertiary alicyclic amines) is 1.